The van der Waals surface area contributed by atoms with E-state index in [1.165, 1.54) is 6.33 Å². The third-order valence-corrected chi connectivity index (χ3v) is 4.55. The topological polar surface area (TPSA) is 152 Å². The van der Waals surface area contributed by atoms with Crippen LogP contribution in [0.1, 0.15) is 6.23 Å². The maximum absolute atomic E-state index is 10.4. The molecule has 2 aromatic rings. The summed E-state index contributed by atoms with van der Waals surface area (Å²) < 4.78 is 12.6. The molecule has 0 aromatic carbocycles. The molecule has 5 N–H and O–H groups in total. The number of nitrogens with two attached hydrogens (primary N) is 1. The largest absolute Gasteiger partial charge is 0.394 e. The van der Waals surface area contributed by atoms with Gasteiger partial charge in [-0.3, -0.25) is 4.57 Å². The molecular weight excluding hydrogens is 332 g/mol. The van der Waals surface area contributed by atoms with Crippen molar-refractivity contribution in [1.29, 1.82) is 0 Å². The number of fused-ring (bicyclic) bond motifs is 1. The lowest BCUT2D eigenvalue weighted by atomic mass is 10.1. The van der Waals surface area contributed by atoms with E-state index in [0.29, 0.717) is 43.4 Å². The van der Waals surface area contributed by atoms with Crippen LogP contribution in [0.5, 0.6) is 0 Å². The Balaban J connectivity index is 1.84. The molecule has 0 unspecified atom stereocenters. The van der Waals surface area contributed by atoms with Gasteiger partial charge in [0, 0.05) is 13.1 Å². The summed E-state index contributed by atoms with van der Waals surface area (Å²) in [5, 5.41) is 29.9. The summed E-state index contributed by atoms with van der Waals surface area (Å²) in [6, 6.07) is 0. The molecule has 11 nitrogen and oxygen atoms in total. The minimum atomic E-state index is -1.24. The molecule has 2 aliphatic heterocycles. The molecule has 2 fully saturated rings. The number of aliphatic hydroxyl groups excluding tert-OH is 3. The van der Waals surface area contributed by atoms with Gasteiger partial charge in [-0.1, -0.05) is 0 Å². The lowest BCUT2D eigenvalue weighted by molar-refractivity contribution is -0.0506. The van der Waals surface area contributed by atoms with E-state index in [-0.39, 0.29) is 5.82 Å². The number of rotatable bonds is 3. The summed E-state index contributed by atoms with van der Waals surface area (Å²) in [7, 11) is 0. The molecule has 4 heterocycles. The van der Waals surface area contributed by atoms with Gasteiger partial charge in [-0.15, -0.1) is 0 Å². The zero-order chi connectivity index (χ0) is 17.6. The molecule has 136 valence electrons. The molecule has 25 heavy (non-hydrogen) atoms. The molecule has 2 saturated heterocycles. The summed E-state index contributed by atoms with van der Waals surface area (Å²) in [5.74, 6) is 0.713. The number of imidazole rings is 1. The molecule has 0 aliphatic carbocycles. The molecule has 4 atom stereocenters. The number of morpholine rings is 1. The van der Waals surface area contributed by atoms with E-state index in [1.54, 1.807) is 4.57 Å². The maximum Gasteiger partial charge on any atom is 0.210 e. The zero-order valence-electron chi connectivity index (χ0n) is 13.4. The minimum Gasteiger partial charge on any atom is -0.394 e. The smallest absolute Gasteiger partial charge is 0.210 e. The molecule has 4 rings (SSSR count). The second-order valence-corrected chi connectivity index (χ2v) is 6.04. The fraction of sp³-hybridized carbons (Fsp3) is 0.643. The highest BCUT2D eigenvalue weighted by atomic mass is 16.6. The van der Waals surface area contributed by atoms with Gasteiger partial charge in [0.1, 0.15) is 24.6 Å². The number of nitrogens with zero attached hydrogens (tertiary/aromatic N) is 5. The van der Waals surface area contributed by atoms with Gasteiger partial charge >= 0.3 is 0 Å². The first-order valence-electron chi connectivity index (χ1n) is 8.05. The lowest BCUT2D eigenvalue weighted by Gasteiger charge is -2.30. The molecule has 2 aliphatic rings. The number of anilines is 2. The highest BCUT2D eigenvalue weighted by Gasteiger charge is 2.45. The van der Waals surface area contributed by atoms with Gasteiger partial charge in [-0.25, -0.2) is 15.0 Å². The first kappa shape index (κ1) is 16.4. The van der Waals surface area contributed by atoms with Gasteiger partial charge in [0.2, 0.25) is 5.95 Å². The molecule has 0 spiro atoms. The van der Waals surface area contributed by atoms with Crippen molar-refractivity contribution in [1.82, 2.24) is 19.5 Å². The number of aliphatic hydroxyl groups is 3. The van der Waals surface area contributed by atoms with Crippen LogP contribution in [-0.2, 0) is 9.47 Å². The summed E-state index contributed by atoms with van der Waals surface area (Å²) >= 11 is 0. The fourth-order valence-corrected chi connectivity index (χ4v) is 3.23. The van der Waals surface area contributed by atoms with E-state index in [4.69, 9.17) is 15.2 Å². The van der Waals surface area contributed by atoms with Crippen molar-refractivity contribution in [3.8, 4) is 0 Å². The zero-order valence-corrected chi connectivity index (χ0v) is 13.4. The van der Waals surface area contributed by atoms with Crippen LogP contribution in [0.3, 0.4) is 0 Å². The van der Waals surface area contributed by atoms with Crippen molar-refractivity contribution >= 4 is 22.9 Å². The number of nitrogen functional groups attached to an aromatic ring is 1. The quantitative estimate of drug-likeness (QED) is 0.481. The normalized spacial score (nSPS) is 30.3. The van der Waals surface area contributed by atoms with Crippen LogP contribution < -0.4 is 10.6 Å². The van der Waals surface area contributed by atoms with Crippen LogP contribution in [-0.4, -0.2) is 86.1 Å². The first-order valence-corrected chi connectivity index (χ1v) is 8.05. The first-order chi connectivity index (χ1) is 12.1. The fourth-order valence-electron chi connectivity index (χ4n) is 3.23. The highest BCUT2D eigenvalue weighted by Crippen LogP contribution is 2.36. The summed E-state index contributed by atoms with van der Waals surface area (Å²) in [6.07, 6.45) is -3.01. The lowest BCUT2D eigenvalue weighted by Crippen LogP contribution is -2.39. The van der Waals surface area contributed by atoms with Gasteiger partial charge in [0.05, 0.1) is 19.8 Å². The molecule has 0 bridgehead atoms. The van der Waals surface area contributed by atoms with E-state index in [0.717, 1.165) is 0 Å². The summed E-state index contributed by atoms with van der Waals surface area (Å²) in [5.41, 5.74) is 6.70. The van der Waals surface area contributed by atoms with Crippen molar-refractivity contribution in [2.24, 2.45) is 0 Å². The number of aromatic nitrogens is 4. The Bertz CT molecular complexity index is 763. The molecule has 0 amide bonds. The second-order valence-electron chi connectivity index (χ2n) is 6.04. The Kier molecular flexibility index (Phi) is 4.17. The summed E-state index contributed by atoms with van der Waals surface area (Å²) in [6.45, 7) is 1.88. The van der Waals surface area contributed by atoms with Crippen LogP contribution in [0.25, 0.3) is 11.2 Å². The van der Waals surface area contributed by atoms with Crippen molar-refractivity contribution < 1.29 is 24.8 Å². The molecule has 2 aromatic heterocycles. The monoisotopic (exact) mass is 352 g/mol. The van der Waals surface area contributed by atoms with Gasteiger partial charge in [0.25, 0.3) is 0 Å². The number of hydrogen-bond donors (Lipinski definition) is 4. The second kappa shape index (κ2) is 6.35. The number of hydrogen-bond acceptors (Lipinski definition) is 10. The minimum absolute atomic E-state index is 0.213. The molecular formula is C14H20N6O5. The van der Waals surface area contributed by atoms with Crippen LogP contribution >= 0.6 is 0 Å². The Morgan fingerprint density at radius 1 is 1.20 bits per heavy atom. The van der Waals surface area contributed by atoms with Crippen LogP contribution in [0, 0.1) is 0 Å². The highest BCUT2D eigenvalue weighted by molar-refractivity contribution is 5.84. The third-order valence-electron chi connectivity index (χ3n) is 4.55. The van der Waals surface area contributed by atoms with Crippen LogP contribution in [0.4, 0.5) is 11.8 Å². The molecule has 0 radical (unpaired) electrons. The Hall–Kier alpha value is -2.05. The molecule has 0 saturated carbocycles. The third kappa shape index (κ3) is 2.60. The SMILES string of the molecule is Nc1ncnc2c1nc(N1CCOCC1)n2[C@H]1O[C@@H](CO)[C@@H](O)[C@H]1O. The van der Waals surface area contributed by atoms with Crippen LogP contribution in [0.15, 0.2) is 6.33 Å². The molecule has 11 heteroatoms. The predicted molar refractivity (Wildman–Crippen MR) is 85.8 cm³/mol. The van der Waals surface area contributed by atoms with Gasteiger partial charge in [-0.05, 0) is 0 Å². The standard InChI is InChI=1S/C14H20N6O5/c15-11-8-12(17-6-16-11)20(13-10(23)9(22)7(5-21)25-13)14(18-8)19-1-3-24-4-2-19/h6-7,9-10,13,21-23H,1-5H2,(H2,15,16,17)/t7-,9+,10+,13-/m0/s1. The van der Waals surface area contributed by atoms with E-state index in [2.05, 4.69) is 15.0 Å². The Morgan fingerprint density at radius 3 is 2.64 bits per heavy atom. The van der Waals surface area contributed by atoms with Gasteiger partial charge in [-0.2, -0.15) is 0 Å². The van der Waals surface area contributed by atoms with E-state index < -0.39 is 31.1 Å². The van der Waals surface area contributed by atoms with Crippen molar-refractivity contribution in [2.45, 2.75) is 24.5 Å². The van der Waals surface area contributed by atoms with Gasteiger partial charge in [0.15, 0.2) is 23.2 Å². The Labute approximate surface area is 142 Å². The van der Waals surface area contributed by atoms with E-state index in [1.807, 2.05) is 4.90 Å². The van der Waals surface area contributed by atoms with E-state index >= 15 is 0 Å². The maximum atomic E-state index is 10.4. The summed E-state index contributed by atoms with van der Waals surface area (Å²) in [4.78, 5) is 14.7. The Morgan fingerprint density at radius 2 is 1.96 bits per heavy atom. The van der Waals surface area contributed by atoms with Crippen molar-refractivity contribution in [3.63, 3.8) is 0 Å². The average molecular weight is 352 g/mol. The number of ether oxygens (including phenoxy) is 2. The van der Waals surface area contributed by atoms with Crippen molar-refractivity contribution in [2.75, 3.05) is 43.5 Å². The van der Waals surface area contributed by atoms with E-state index in [9.17, 15) is 15.3 Å². The predicted octanol–water partition coefficient (Wildman–Crippen LogP) is -2.14. The van der Waals surface area contributed by atoms with Crippen LogP contribution in [0.2, 0.25) is 0 Å². The van der Waals surface area contributed by atoms with Gasteiger partial charge < -0.3 is 35.4 Å². The average Bonchev–Trinajstić information content (AvgIpc) is 3.15. The van der Waals surface area contributed by atoms with Crippen molar-refractivity contribution in [3.05, 3.63) is 6.33 Å².